The molecule has 2 N–H and O–H groups in total. The van der Waals surface area contributed by atoms with Gasteiger partial charge in [-0.15, -0.1) is 0 Å². The summed E-state index contributed by atoms with van der Waals surface area (Å²) >= 11 is 5.91. The summed E-state index contributed by atoms with van der Waals surface area (Å²) in [5, 5.41) is 5.89. The Balaban J connectivity index is 1.20. The summed E-state index contributed by atoms with van der Waals surface area (Å²) in [5.41, 5.74) is 2.73. The van der Waals surface area contributed by atoms with E-state index < -0.39 is 24.0 Å². The number of benzene rings is 3. The second kappa shape index (κ2) is 12.2. The molecule has 9 heteroatoms. The number of amides is 2. The molecule has 5 nitrogen and oxygen atoms in total. The van der Waals surface area contributed by atoms with Gasteiger partial charge in [0.25, 0.3) is 5.91 Å². The lowest BCUT2D eigenvalue weighted by Gasteiger charge is -2.33. The topological polar surface area (TPSA) is 61.4 Å². The van der Waals surface area contributed by atoms with Crippen LogP contribution in [0.1, 0.15) is 53.6 Å². The number of alkyl halides is 3. The molecular formula is C32H33ClF3N3O2. The number of rotatable bonds is 9. The van der Waals surface area contributed by atoms with Crippen molar-refractivity contribution < 1.29 is 22.8 Å². The van der Waals surface area contributed by atoms with E-state index in [4.69, 9.17) is 11.6 Å². The van der Waals surface area contributed by atoms with E-state index >= 15 is 0 Å². The van der Waals surface area contributed by atoms with E-state index in [0.29, 0.717) is 23.4 Å². The maximum Gasteiger partial charge on any atom is 0.405 e. The average molecular weight is 584 g/mol. The van der Waals surface area contributed by atoms with Crippen molar-refractivity contribution in [2.24, 2.45) is 0 Å². The molecule has 0 spiro atoms. The zero-order valence-corrected chi connectivity index (χ0v) is 23.4. The first-order valence-electron chi connectivity index (χ1n) is 14.0. The van der Waals surface area contributed by atoms with Crippen LogP contribution in [0, 0.1) is 0 Å². The fourth-order valence-electron chi connectivity index (χ4n) is 6.18. The van der Waals surface area contributed by atoms with Crippen molar-refractivity contribution >= 4 is 23.4 Å². The van der Waals surface area contributed by atoms with E-state index in [1.165, 1.54) is 0 Å². The van der Waals surface area contributed by atoms with E-state index in [0.717, 1.165) is 61.2 Å². The number of piperidine rings is 1. The van der Waals surface area contributed by atoms with Crippen molar-refractivity contribution in [3.63, 3.8) is 0 Å². The predicted molar refractivity (Wildman–Crippen MR) is 154 cm³/mol. The molecule has 0 bridgehead atoms. The zero-order valence-electron chi connectivity index (χ0n) is 22.6. The van der Waals surface area contributed by atoms with Crippen LogP contribution in [0.4, 0.5) is 13.2 Å². The molecule has 41 heavy (non-hydrogen) atoms. The molecule has 1 fully saturated rings. The number of carbonyl (C=O) groups is 2. The van der Waals surface area contributed by atoms with Crippen LogP contribution in [0.3, 0.4) is 0 Å². The van der Waals surface area contributed by atoms with Crippen molar-refractivity contribution in [3.8, 4) is 11.1 Å². The van der Waals surface area contributed by atoms with Crippen LogP contribution in [0.5, 0.6) is 0 Å². The Morgan fingerprint density at radius 2 is 1.46 bits per heavy atom. The molecule has 2 amide bonds. The molecule has 0 unspecified atom stereocenters. The Bertz CT molecular complexity index is 1340. The van der Waals surface area contributed by atoms with E-state index in [9.17, 15) is 22.8 Å². The van der Waals surface area contributed by atoms with Crippen molar-refractivity contribution in [3.05, 3.63) is 94.5 Å². The highest BCUT2D eigenvalue weighted by molar-refractivity contribution is 6.30. The number of unbranched alkanes of at least 4 members (excludes halogenated alkanes) is 1. The summed E-state index contributed by atoms with van der Waals surface area (Å²) in [4.78, 5) is 28.5. The van der Waals surface area contributed by atoms with Gasteiger partial charge in [-0.1, -0.05) is 66.6 Å². The number of hydrogen-bond donors (Lipinski definition) is 2. The van der Waals surface area contributed by atoms with Crippen molar-refractivity contribution in [2.75, 3.05) is 26.2 Å². The highest BCUT2D eigenvalue weighted by Crippen LogP contribution is 2.51. The van der Waals surface area contributed by atoms with Gasteiger partial charge in [0.15, 0.2) is 0 Å². The minimum absolute atomic E-state index is 0.0986. The standard InChI is InChI=1S/C32H33ClF3N3O2/c33-23-13-11-22(12-14-23)29(40)38-24-15-19-39(20-16-24)18-6-5-17-31(30(41)37-21-32(34,35)36)27-9-3-1-7-25(27)26-8-2-4-10-28(26)31/h1-4,7-14,24H,5-6,15-21H2,(H,37,41)(H,38,40). The van der Waals surface area contributed by atoms with Crippen molar-refractivity contribution in [1.82, 2.24) is 15.5 Å². The van der Waals surface area contributed by atoms with Gasteiger partial charge in [-0.2, -0.15) is 13.2 Å². The van der Waals surface area contributed by atoms with Crippen LogP contribution < -0.4 is 10.6 Å². The second-order valence-corrected chi connectivity index (χ2v) is 11.3. The monoisotopic (exact) mass is 583 g/mol. The Hall–Kier alpha value is -3.36. The molecule has 0 radical (unpaired) electrons. The summed E-state index contributed by atoms with van der Waals surface area (Å²) in [7, 11) is 0. The molecule has 1 heterocycles. The molecule has 1 aliphatic carbocycles. The highest BCUT2D eigenvalue weighted by atomic mass is 35.5. The first-order chi connectivity index (χ1) is 19.7. The quantitative estimate of drug-likeness (QED) is 0.289. The van der Waals surface area contributed by atoms with Gasteiger partial charge < -0.3 is 15.5 Å². The van der Waals surface area contributed by atoms with Gasteiger partial charge in [0, 0.05) is 29.7 Å². The molecule has 2 aliphatic rings. The number of likely N-dealkylation sites (tertiary alicyclic amines) is 1. The minimum Gasteiger partial charge on any atom is -0.349 e. The Labute approximate surface area is 243 Å². The number of carbonyl (C=O) groups excluding carboxylic acids is 2. The zero-order chi connectivity index (χ0) is 29.0. The second-order valence-electron chi connectivity index (χ2n) is 10.8. The number of nitrogens with zero attached hydrogens (tertiary/aromatic N) is 1. The maximum absolute atomic E-state index is 13.6. The Kier molecular flexibility index (Phi) is 8.71. The van der Waals surface area contributed by atoms with E-state index in [1.807, 2.05) is 48.5 Å². The van der Waals surface area contributed by atoms with E-state index in [2.05, 4.69) is 15.5 Å². The minimum atomic E-state index is -4.49. The normalized spacial score (nSPS) is 16.6. The molecule has 216 valence electrons. The maximum atomic E-state index is 13.6. The first kappa shape index (κ1) is 29.1. The van der Waals surface area contributed by atoms with Gasteiger partial charge in [-0.25, -0.2) is 0 Å². The summed E-state index contributed by atoms with van der Waals surface area (Å²) in [6.07, 6.45) is -0.920. The van der Waals surface area contributed by atoms with Crippen LogP contribution in [0.15, 0.2) is 72.8 Å². The van der Waals surface area contributed by atoms with Gasteiger partial charge in [0.2, 0.25) is 5.91 Å². The molecule has 3 aromatic carbocycles. The van der Waals surface area contributed by atoms with E-state index in [1.54, 1.807) is 24.3 Å². The fraction of sp³-hybridized carbons (Fsp3) is 0.375. The van der Waals surface area contributed by atoms with Crippen LogP contribution >= 0.6 is 11.6 Å². The van der Waals surface area contributed by atoms with Crippen LogP contribution in [-0.4, -0.2) is 55.1 Å². The number of fused-ring (bicyclic) bond motifs is 3. The molecule has 5 rings (SSSR count). The van der Waals surface area contributed by atoms with Gasteiger partial charge in [-0.05, 0) is 78.7 Å². The molecule has 1 aliphatic heterocycles. The summed E-state index contributed by atoms with van der Waals surface area (Å²) in [6, 6.07) is 22.0. The third-order valence-electron chi connectivity index (χ3n) is 8.21. The van der Waals surface area contributed by atoms with Crippen LogP contribution in [0.25, 0.3) is 11.1 Å². The predicted octanol–water partition coefficient (Wildman–Crippen LogP) is 6.35. The lowest BCUT2D eigenvalue weighted by atomic mass is 9.73. The SMILES string of the molecule is O=C(NC1CCN(CCCCC2(C(=O)NCC(F)(F)F)c3ccccc3-c3ccccc32)CC1)c1ccc(Cl)cc1. The lowest BCUT2D eigenvalue weighted by molar-refractivity contribution is -0.141. The summed E-state index contributed by atoms with van der Waals surface area (Å²) < 4.78 is 39.2. The molecule has 0 saturated carbocycles. The van der Waals surface area contributed by atoms with Gasteiger partial charge in [0.05, 0.1) is 0 Å². The van der Waals surface area contributed by atoms with E-state index in [-0.39, 0.29) is 11.9 Å². The highest BCUT2D eigenvalue weighted by Gasteiger charge is 2.49. The first-order valence-corrected chi connectivity index (χ1v) is 14.4. The molecular weight excluding hydrogens is 551 g/mol. The van der Waals surface area contributed by atoms with Gasteiger partial charge in [-0.3, -0.25) is 9.59 Å². The summed E-state index contributed by atoms with van der Waals surface area (Å²) in [5.74, 6) is -0.712. The molecule has 0 aromatic heterocycles. The molecule has 0 atom stereocenters. The van der Waals surface area contributed by atoms with Crippen molar-refractivity contribution in [2.45, 2.75) is 49.7 Å². The Morgan fingerprint density at radius 1 is 0.878 bits per heavy atom. The van der Waals surface area contributed by atoms with Crippen LogP contribution in [-0.2, 0) is 10.2 Å². The molecule has 3 aromatic rings. The molecule has 1 saturated heterocycles. The summed E-state index contributed by atoms with van der Waals surface area (Å²) in [6.45, 7) is 1.14. The number of nitrogens with one attached hydrogen (secondary N) is 2. The fourth-order valence-corrected chi connectivity index (χ4v) is 6.31. The van der Waals surface area contributed by atoms with Crippen LogP contribution in [0.2, 0.25) is 5.02 Å². The Morgan fingerprint density at radius 3 is 2.05 bits per heavy atom. The smallest absolute Gasteiger partial charge is 0.349 e. The number of halogens is 4. The van der Waals surface area contributed by atoms with Gasteiger partial charge in [0.1, 0.15) is 12.0 Å². The number of hydrogen-bond acceptors (Lipinski definition) is 3. The third kappa shape index (κ3) is 6.44. The largest absolute Gasteiger partial charge is 0.405 e. The average Bonchev–Trinajstić information content (AvgIpc) is 3.25. The lowest BCUT2D eigenvalue weighted by Crippen LogP contribution is -2.47. The van der Waals surface area contributed by atoms with Gasteiger partial charge >= 0.3 is 6.18 Å². The third-order valence-corrected chi connectivity index (χ3v) is 8.46. The van der Waals surface area contributed by atoms with Crippen molar-refractivity contribution in [1.29, 1.82) is 0 Å².